The minimum atomic E-state index is -0.415. The van der Waals surface area contributed by atoms with Crippen LogP contribution in [0.1, 0.15) is 33.9 Å². The number of nitrogens with one attached hydrogen (secondary N) is 1. The van der Waals surface area contributed by atoms with Gasteiger partial charge < -0.3 is 9.88 Å². The number of carbonyl (C=O) groups is 1. The van der Waals surface area contributed by atoms with Crippen LogP contribution >= 0.6 is 0 Å². The third kappa shape index (κ3) is 3.55. The quantitative estimate of drug-likeness (QED) is 0.533. The molecule has 2 aromatic carbocycles. The SMILES string of the molecule is O=C(Nc1ccncc1)c1cccn(C2CCc3c(-c4ccccc4)cccc32)c1=O. The Balaban J connectivity index is 1.50. The summed E-state index contributed by atoms with van der Waals surface area (Å²) in [4.78, 5) is 29.9. The summed E-state index contributed by atoms with van der Waals surface area (Å²) in [5.41, 5.74) is 5.27. The molecular formula is C26H21N3O2. The number of amides is 1. The smallest absolute Gasteiger partial charge is 0.263 e. The molecule has 152 valence electrons. The van der Waals surface area contributed by atoms with E-state index in [0.29, 0.717) is 5.69 Å². The van der Waals surface area contributed by atoms with Crippen LogP contribution in [0.25, 0.3) is 11.1 Å². The van der Waals surface area contributed by atoms with Crippen LogP contribution in [0.2, 0.25) is 0 Å². The van der Waals surface area contributed by atoms with Crippen LogP contribution in [0, 0.1) is 0 Å². The van der Waals surface area contributed by atoms with Crippen LogP contribution in [0.5, 0.6) is 0 Å². The largest absolute Gasteiger partial charge is 0.322 e. The highest BCUT2D eigenvalue weighted by Gasteiger charge is 2.28. The molecule has 1 N–H and O–H groups in total. The number of fused-ring (bicyclic) bond motifs is 1. The Morgan fingerprint density at radius 3 is 2.55 bits per heavy atom. The monoisotopic (exact) mass is 407 g/mol. The topological polar surface area (TPSA) is 64.0 Å². The van der Waals surface area contributed by atoms with Crippen molar-refractivity contribution < 1.29 is 4.79 Å². The van der Waals surface area contributed by atoms with Gasteiger partial charge in [-0.25, -0.2) is 0 Å². The number of pyridine rings is 2. The maximum atomic E-state index is 13.2. The van der Waals surface area contributed by atoms with Crippen molar-refractivity contribution in [2.24, 2.45) is 0 Å². The van der Waals surface area contributed by atoms with Gasteiger partial charge in [-0.2, -0.15) is 0 Å². The number of nitrogens with zero attached hydrogens (tertiary/aromatic N) is 2. The first-order chi connectivity index (χ1) is 15.2. The van der Waals surface area contributed by atoms with Gasteiger partial charge in [0.2, 0.25) is 0 Å². The number of rotatable bonds is 4. The number of hydrogen-bond donors (Lipinski definition) is 1. The predicted octanol–water partition coefficient (Wildman–Crippen LogP) is 4.70. The third-order valence-electron chi connectivity index (χ3n) is 5.82. The molecule has 31 heavy (non-hydrogen) atoms. The molecule has 1 unspecified atom stereocenters. The lowest BCUT2D eigenvalue weighted by molar-refractivity contribution is 0.102. The highest BCUT2D eigenvalue weighted by Crippen LogP contribution is 2.39. The molecule has 1 aliphatic carbocycles. The Kier molecular flexibility index (Phi) is 4.92. The average Bonchev–Trinajstić information content (AvgIpc) is 3.24. The summed E-state index contributed by atoms with van der Waals surface area (Å²) >= 11 is 0. The van der Waals surface area contributed by atoms with Gasteiger partial charge in [0.15, 0.2) is 0 Å². The molecule has 0 saturated heterocycles. The molecule has 4 aromatic rings. The van der Waals surface area contributed by atoms with Crippen molar-refractivity contribution >= 4 is 11.6 Å². The van der Waals surface area contributed by atoms with Gasteiger partial charge in [-0.1, -0.05) is 48.5 Å². The van der Waals surface area contributed by atoms with Crippen molar-refractivity contribution in [1.29, 1.82) is 0 Å². The van der Waals surface area contributed by atoms with Crippen molar-refractivity contribution in [3.8, 4) is 11.1 Å². The second-order valence-corrected chi connectivity index (χ2v) is 7.62. The van der Waals surface area contributed by atoms with Gasteiger partial charge in [0.25, 0.3) is 11.5 Å². The minimum Gasteiger partial charge on any atom is -0.322 e. The molecular weight excluding hydrogens is 386 g/mol. The normalized spacial score (nSPS) is 14.8. The van der Waals surface area contributed by atoms with E-state index in [9.17, 15) is 9.59 Å². The van der Waals surface area contributed by atoms with E-state index in [1.807, 2.05) is 24.3 Å². The van der Waals surface area contributed by atoms with E-state index < -0.39 is 5.91 Å². The zero-order valence-electron chi connectivity index (χ0n) is 16.9. The van der Waals surface area contributed by atoms with Gasteiger partial charge in [-0.3, -0.25) is 14.6 Å². The molecule has 0 aliphatic heterocycles. The molecule has 5 heteroatoms. The number of aromatic nitrogens is 2. The van der Waals surface area contributed by atoms with Crippen LogP contribution in [-0.2, 0) is 6.42 Å². The Hall–Kier alpha value is -3.99. The molecule has 0 radical (unpaired) electrons. The Morgan fingerprint density at radius 1 is 0.935 bits per heavy atom. The van der Waals surface area contributed by atoms with Crippen molar-refractivity contribution in [3.05, 3.63) is 118 Å². The van der Waals surface area contributed by atoms with Crippen LogP contribution in [0.4, 0.5) is 5.69 Å². The van der Waals surface area contributed by atoms with Crippen molar-refractivity contribution in [2.75, 3.05) is 5.32 Å². The summed E-state index contributed by atoms with van der Waals surface area (Å²) in [6, 6.07) is 23.2. The molecule has 0 saturated carbocycles. The lowest BCUT2D eigenvalue weighted by Gasteiger charge is -2.17. The number of anilines is 1. The first-order valence-electron chi connectivity index (χ1n) is 10.3. The van der Waals surface area contributed by atoms with E-state index >= 15 is 0 Å². The lowest BCUT2D eigenvalue weighted by atomic mass is 9.96. The highest BCUT2D eigenvalue weighted by molar-refractivity contribution is 6.03. The van der Waals surface area contributed by atoms with E-state index in [2.05, 4.69) is 34.6 Å². The number of benzene rings is 2. The summed E-state index contributed by atoms with van der Waals surface area (Å²) in [6.07, 6.45) is 6.69. The molecule has 0 fully saturated rings. The minimum absolute atomic E-state index is 0.0835. The van der Waals surface area contributed by atoms with Crippen molar-refractivity contribution in [3.63, 3.8) is 0 Å². The van der Waals surface area contributed by atoms with E-state index in [1.54, 1.807) is 47.4 Å². The molecule has 5 rings (SSSR count). The summed E-state index contributed by atoms with van der Waals surface area (Å²) in [7, 11) is 0. The Morgan fingerprint density at radius 2 is 1.74 bits per heavy atom. The zero-order chi connectivity index (χ0) is 21.2. The van der Waals surface area contributed by atoms with Crippen LogP contribution in [0.15, 0.2) is 96.2 Å². The van der Waals surface area contributed by atoms with Crippen molar-refractivity contribution in [2.45, 2.75) is 18.9 Å². The van der Waals surface area contributed by atoms with Crippen LogP contribution in [-0.4, -0.2) is 15.5 Å². The van der Waals surface area contributed by atoms with Crippen molar-refractivity contribution in [1.82, 2.24) is 9.55 Å². The second kappa shape index (κ2) is 8.03. The molecule has 2 aromatic heterocycles. The number of hydrogen-bond acceptors (Lipinski definition) is 3. The summed E-state index contributed by atoms with van der Waals surface area (Å²) in [5, 5.41) is 2.77. The molecule has 1 amide bonds. The fraction of sp³-hybridized carbons (Fsp3) is 0.115. The standard InChI is InChI=1S/C26H21N3O2/c30-25(28-19-13-15-27-16-14-19)23-10-5-17-29(26(23)31)24-12-11-21-20(8-4-9-22(21)24)18-6-2-1-3-7-18/h1-10,13-17,24H,11-12H2,(H,27,28,30). The summed E-state index contributed by atoms with van der Waals surface area (Å²) in [6.45, 7) is 0. The first kappa shape index (κ1) is 19.0. The first-order valence-corrected chi connectivity index (χ1v) is 10.3. The Labute approximate surface area is 180 Å². The molecule has 2 heterocycles. The second-order valence-electron chi connectivity index (χ2n) is 7.62. The maximum Gasteiger partial charge on any atom is 0.263 e. The van der Waals surface area contributed by atoms with Gasteiger partial charge in [0.1, 0.15) is 5.56 Å². The van der Waals surface area contributed by atoms with E-state index in [1.165, 1.54) is 16.7 Å². The van der Waals surface area contributed by atoms with Crippen LogP contribution in [0.3, 0.4) is 0 Å². The van der Waals surface area contributed by atoms with E-state index in [4.69, 9.17) is 0 Å². The zero-order valence-corrected chi connectivity index (χ0v) is 16.9. The van der Waals surface area contributed by atoms with Crippen LogP contribution < -0.4 is 10.9 Å². The molecule has 5 nitrogen and oxygen atoms in total. The summed E-state index contributed by atoms with van der Waals surface area (Å²) in [5.74, 6) is -0.415. The fourth-order valence-electron chi connectivity index (χ4n) is 4.37. The molecule has 0 spiro atoms. The fourth-order valence-corrected chi connectivity index (χ4v) is 4.37. The third-order valence-corrected chi connectivity index (χ3v) is 5.82. The maximum absolute atomic E-state index is 13.2. The highest BCUT2D eigenvalue weighted by atomic mass is 16.2. The molecule has 1 atom stereocenters. The van der Waals surface area contributed by atoms with E-state index in [0.717, 1.165) is 18.4 Å². The van der Waals surface area contributed by atoms with Gasteiger partial charge in [-0.15, -0.1) is 0 Å². The van der Waals surface area contributed by atoms with Gasteiger partial charge >= 0.3 is 0 Å². The lowest BCUT2D eigenvalue weighted by Crippen LogP contribution is -2.31. The van der Waals surface area contributed by atoms with E-state index in [-0.39, 0.29) is 17.2 Å². The van der Waals surface area contributed by atoms with Gasteiger partial charge in [0, 0.05) is 24.3 Å². The summed E-state index contributed by atoms with van der Waals surface area (Å²) < 4.78 is 1.70. The van der Waals surface area contributed by atoms with Gasteiger partial charge in [0.05, 0.1) is 6.04 Å². The van der Waals surface area contributed by atoms with Gasteiger partial charge in [-0.05, 0) is 59.4 Å². The molecule has 1 aliphatic rings. The number of carbonyl (C=O) groups excluding carboxylic acids is 1. The Bertz CT molecular complexity index is 1300. The predicted molar refractivity (Wildman–Crippen MR) is 121 cm³/mol. The molecule has 0 bridgehead atoms. The average molecular weight is 407 g/mol.